The molecule has 7 heteroatoms. The molecular formula is C19H24ClN5O. The number of aryl methyl sites for hydroxylation is 1. The molecule has 1 aliphatic rings. The highest BCUT2D eigenvalue weighted by Gasteiger charge is 2.20. The zero-order chi connectivity index (χ0) is 18.7. The van der Waals surface area contributed by atoms with E-state index in [1.54, 1.807) is 12.1 Å². The Morgan fingerprint density at radius 1 is 1.19 bits per heavy atom. The summed E-state index contributed by atoms with van der Waals surface area (Å²) in [6.07, 6.45) is 0. The number of rotatable bonds is 4. The number of benzene rings is 1. The summed E-state index contributed by atoms with van der Waals surface area (Å²) in [4.78, 5) is 26.3. The second-order valence-electron chi connectivity index (χ2n) is 6.48. The number of carbonyl (C=O) groups is 1. The van der Waals surface area contributed by atoms with Gasteiger partial charge in [-0.3, -0.25) is 4.79 Å². The Bertz CT molecular complexity index is 803. The van der Waals surface area contributed by atoms with Gasteiger partial charge in [0.25, 0.3) is 5.91 Å². The first-order valence-corrected chi connectivity index (χ1v) is 9.25. The summed E-state index contributed by atoms with van der Waals surface area (Å²) < 4.78 is 0. The number of nitrogens with zero attached hydrogens (tertiary/aromatic N) is 4. The molecule has 2 aromatic rings. The lowest BCUT2D eigenvalue weighted by molar-refractivity contribution is 0.102. The fourth-order valence-corrected chi connectivity index (χ4v) is 3.18. The summed E-state index contributed by atoms with van der Waals surface area (Å²) in [6, 6.07) is 7.16. The van der Waals surface area contributed by atoms with Gasteiger partial charge in [-0.15, -0.1) is 0 Å². The lowest BCUT2D eigenvalue weighted by Crippen LogP contribution is -2.47. The van der Waals surface area contributed by atoms with E-state index in [1.807, 2.05) is 26.0 Å². The van der Waals surface area contributed by atoms with Gasteiger partial charge >= 0.3 is 0 Å². The first-order valence-electron chi connectivity index (χ1n) is 8.87. The lowest BCUT2D eigenvalue weighted by Gasteiger charge is -2.34. The van der Waals surface area contributed by atoms with Crippen molar-refractivity contribution in [3.8, 4) is 0 Å². The Labute approximate surface area is 159 Å². The topological polar surface area (TPSA) is 61.4 Å². The van der Waals surface area contributed by atoms with E-state index in [1.165, 1.54) is 0 Å². The van der Waals surface area contributed by atoms with Crippen LogP contribution in [0.3, 0.4) is 0 Å². The molecule has 1 N–H and O–H groups in total. The van der Waals surface area contributed by atoms with Crippen LogP contribution in [-0.2, 0) is 0 Å². The predicted octanol–water partition coefficient (Wildman–Crippen LogP) is 3.14. The van der Waals surface area contributed by atoms with Gasteiger partial charge in [-0.05, 0) is 44.2 Å². The summed E-state index contributed by atoms with van der Waals surface area (Å²) in [5.74, 6) is 0.364. The molecular weight excluding hydrogens is 350 g/mol. The molecule has 0 atom stereocenters. The van der Waals surface area contributed by atoms with Gasteiger partial charge in [0.2, 0.25) is 5.95 Å². The van der Waals surface area contributed by atoms with Crippen molar-refractivity contribution >= 4 is 29.1 Å². The molecule has 0 spiro atoms. The smallest absolute Gasteiger partial charge is 0.274 e. The number of aromatic nitrogens is 2. The predicted molar refractivity (Wildman–Crippen MR) is 105 cm³/mol. The molecule has 0 bridgehead atoms. The standard InChI is InChI=1S/C19H24ClN5O/c1-4-24-8-10-25(11-9-24)19-21-13(2)12-17(23-19)18(26)22-16-7-5-6-15(20)14(16)3/h5-7,12H,4,8-11H2,1-3H3,(H,22,26). The zero-order valence-corrected chi connectivity index (χ0v) is 16.2. The van der Waals surface area contributed by atoms with E-state index < -0.39 is 0 Å². The van der Waals surface area contributed by atoms with Crippen molar-refractivity contribution in [2.75, 3.05) is 42.9 Å². The van der Waals surface area contributed by atoms with Crippen molar-refractivity contribution in [3.05, 3.63) is 46.2 Å². The molecule has 1 aromatic carbocycles. The van der Waals surface area contributed by atoms with Crippen LogP contribution in [0, 0.1) is 13.8 Å². The monoisotopic (exact) mass is 373 g/mol. The zero-order valence-electron chi connectivity index (χ0n) is 15.4. The van der Waals surface area contributed by atoms with Crippen LogP contribution in [0.4, 0.5) is 11.6 Å². The molecule has 1 amide bonds. The third-order valence-electron chi connectivity index (χ3n) is 4.69. The van der Waals surface area contributed by atoms with E-state index >= 15 is 0 Å². The van der Waals surface area contributed by atoms with Gasteiger partial charge in [0.15, 0.2) is 0 Å². The first kappa shape index (κ1) is 18.6. The molecule has 138 valence electrons. The van der Waals surface area contributed by atoms with Gasteiger partial charge in [0, 0.05) is 42.6 Å². The van der Waals surface area contributed by atoms with E-state index in [4.69, 9.17) is 11.6 Å². The summed E-state index contributed by atoms with van der Waals surface area (Å²) in [5, 5.41) is 3.52. The summed E-state index contributed by atoms with van der Waals surface area (Å²) in [7, 11) is 0. The van der Waals surface area contributed by atoms with Crippen molar-refractivity contribution in [2.45, 2.75) is 20.8 Å². The molecule has 3 rings (SSSR count). The van der Waals surface area contributed by atoms with Crippen LogP contribution in [0.2, 0.25) is 5.02 Å². The van der Waals surface area contributed by atoms with Crippen LogP contribution in [-0.4, -0.2) is 53.5 Å². The molecule has 0 radical (unpaired) electrons. The van der Waals surface area contributed by atoms with Gasteiger partial charge in [0.1, 0.15) is 5.69 Å². The third kappa shape index (κ3) is 4.14. The van der Waals surface area contributed by atoms with E-state index in [-0.39, 0.29) is 5.91 Å². The third-order valence-corrected chi connectivity index (χ3v) is 5.10. The van der Waals surface area contributed by atoms with Crippen LogP contribution < -0.4 is 10.2 Å². The fourth-order valence-electron chi connectivity index (χ4n) is 3.00. The number of hydrogen-bond donors (Lipinski definition) is 1. The molecule has 26 heavy (non-hydrogen) atoms. The second kappa shape index (κ2) is 8.01. The van der Waals surface area contributed by atoms with Gasteiger partial charge < -0.3 is 15.1 Å². The van der Waals surface area contributed by atoms with Crippen LogP contribution in [0.5, 0.6) is 0 Å². The Morgan fingerprint density at radius 3 is 2.62 bits per heavy atom. The van der Waals surface area contributed by atoms with Gasteiger partial charge in [0.05, 0.1) is 0 Å². The molecule has 1 aromatic heterocycles. The average molecular weight is 374 g/mol. The van der Waals surface area contributed by atoms with Crippen LogP contribution in [0.1, 0.15) is 28.7 Å². The summed E-state index contributed by atoms with van der Waals surface area (Å²) in [6.45, 7) is 10.7. The Hall–Kier alpha value is -2.18. The van der Waals surface area contributed by atoms with E-state index in [9.17, 15) is 4.79 Å². The average Bonchev–Trinajstić information content (AvgIpc) is 2.65. The molecule has 0 saturated carbocycles. The second-order valence-corrected chi connectivity index (χ2v) is 6.89. The number of anilines is 2. The van der Waals surface area contributed by atoms with Crippen LogP contribution in [0.25, 0.3) is 0 Å². The Morgan fingerprint density at radius 2 is 1.92 bits per heavy atom. The molecule has 0 unspecified atom stereocenters. The SMILES string of the molecule is CCN1CCN(c2nc(C)cc(C(=O)Nc3cccc(Cl)c3C)n2)CC1. The maximum absolute atomic E-state index is 12.7. The highest BCUT2D eigenvalue weighted by Crippen LogP contribution is 2.23. The number of nitrogens with one attached hydrogen (secondary N) is 1. The highest BCUT2D eigenvalue weighted by atomic mass is 35.5. The first-order chi connectivity index (χ1) is 12.5. The quantitative estimate of drug-likeness (QED) is 0.892. The van der Waals surface area contributed by atoms with Crippen molar-refractivity contribution in [1.82, 2.24) is 14.9 Å². The van der Waals surface area contributed by atoms with Crippen molar-refractivity contribution in [3.63, 3.8) is 0 Å². The maximum Gasteiger partial charge on any atom is 0.274 e. The Balaban J connectivity index is 1.79. The minimum absolute atomic E-state index is 0.255. The largest absolute Gasteiger partial charge is 0.338 e. The molecule has 6 nitrogen and oxygen atoms in total. The number of amides is 1. The lowest BCUT2D eigenvalue weighted by atomic mass is 10.2. The van der Waals surface area contributed by atoms with Gasteiger partial charge in [-0.2, -0.15) is 0 Å². The maximum atomic E-state index is 12.7. The number of carbonyl (C=O) groups excluding carboxylic acids is 1. The molecule has 0 aliphatic carbocycles. The number of likely N-dealkylation sites (N-methyl/N-ethyl adjacent to an activating group) is 1. The minimum Gasteiger partial charge on any atom is -0.338 e. The Kier molecular flexibility index (Phi) is 5.74. The molecule has 1 fully saturated rings. The molecule has 2 heterocycles. The van der Waals surface area contributed by atoms with Gasteiger partial charge in [-0.1, -0.05) is 24.6 Å². The van der Waals surface area contributed by atoms with Crippen molar-refractivity contribution in [1.29, 1.82) is 0 Å². The number of piperazine rings is 1. The molecule has 1 saturated heterocycles. The van der Waals surface area contributed by atoms with Crippen LogP contribution >= 0.6 is 11.6 Å². The highest BCUT2D eigenvalue weighted by molar-refractivity contribution is 6.31. The van der Waals surface area contributed by atoms with Crippen LogP contribution in [0.15, 0.2) is 24.3 Å². The van der Waals surface area contributed by atoms with Crippen molar-refractivity contribution < 1.29 is 4.79 Å². The summed E-state index contributed by atoms with van der Waals surface area (Å²) >= 11 is 6.13. The van der Waals surface area contributed by atoms with E-state index in [2.05, 4.69) is 32.0 Å². The van der Waals surface area contributed by atoms with E-state index in [0.29, 0.717) is 22.4 Å². The van der Waals surface area contributed by atoms with Crippen molar-refractivity contribution in [2.24, 2.45) is 0 Å². The number of hydrogen-bond acceptors (Lipinski definition) is 5. The fraction of sp³-hybridized carbons (Fsp3) is 0.421. The van der Waals surface area contributed by atoms with Gasteiger partial charge in [-0.25, -0.2) is 9.97 Å². The molecule has 1 aliphatic heterocycles. The summed E-state index contributed by atoms with van der Waals surface area (Å²) in [5.41, 5.74) is 2.67. The van der Waals surface area contributed by atoms with E-state index in [0.717, 1.165) is 44.0 Å². The minimum atomic E-state index is -0.255. The normalized spacial score (nSPS) is 15.2. The number of halogens is 1.